The van der Waals surface area contributed by atoms with Gasteiger partial charge in [0.05, 0.1) is 0 Å². The van der Waals surface area contributed by atoms with Gasteiger partial charge in [-0.25, -0.2) is 0 Å². The van der Waals surface area contributed by atoms with E-state index in [0.717, 1.165) is 0 Å². The van der Waals surface area contributed by atoms with Gasteiger partial charge in [0.25, 0.3) is 0 Å². The van der Waals surface area contributed by atoms with Gasteiger partial charge < -0.3 is 36.2 Å². The van der Waals surface area contributed by atoms with Crippen LogP contribution in [0.2, 0.25) is 0 Å². The van der Waals surface area contributed by atoms with Crippen LogP contribution in [0.5, 0.6) is 5.75 Å². The Kier molecular flexibility index (Phi) is 8.86. The number of rotatable bonds is 9. The van der Waals surface area contributed by atoms with E-state index in [1.54, 1.807) is 24.3 Å². The maximum Gasteiger partial charge on any atom is 0.402 e. The van der Waals surface area contributed by atoms with Gasteiger partial charge in [-0.05, 0) is 12.1 Å². The van der Waals surface area contributed by atoms with Crippen molar-refractivity contribution in [1.29, 1.82) is 0 Å². The quantitative estimate of drug-likeness (QED) is 0.365. The standard InChI is InChI=1S/C13H26N4O8P4/c1-18-26(19-2)14-27(20-3,21-4)16-29(24-7,17-28(15-26,22-5)23-6)25-13-11-9-8-10-12-13/h8-12H,1-7H3. The molecule has 0 radical (unpaired) electrons. The van der Waals surface area contributed by atoms with Gasteiger partial charge in [-0.15, -0.1) is 18.1 Å². The molecule has 0 bridgehead atoms. The first-order chi connectivity index (χ1) is 13.8. The second kappa shape index (κ2) is 10.3. The summed E-state index contributed by atoms with van der Waals surface area (Å²) in [6, 6.07) is 8.93. The van der Waals surface area contributed by atoms with Crippen molar-refractivity contribution in [3.63, 3.8) is 0 Å². The third-order valence-electron chi connectivity index (χ3n) is 3.54. The van der Waals surface area contributed by atoms with Crippen molar-refractivity contribution in [3.8, 4) is 5.75 Å². The summed E-state index contributed by atoms with van der Waals surface area (Å²) in [6.45, 7) is 0. The first-order valence-corrected chi connectivity index (χ1v) is 14.2. The van der Waals surface area contributed by atoms with Gasteiger partial charge in [0.1, 0.15) is 5.75 Å². The van der Waals surface area contributed by atoms with Crippen molar-refractivity contribution < 1.29 is 36.2 Å². The first kappa shape index (κ1) is 24.9. The maximum atomic E-state index is 6.08. The first-order valence-electron chi connectivity index (χ1n) is 8.03. The van der Waals surface area contributed by atoms with Crippen LogP contribution in [0.25, 0.3) is 0 Å². The molecule has 0 saturated heterocycles. The van der Waals surface area contributed by atoms with Crippen LogP contribution >= 0.6 is 30.6 Å². The van der Waals surface area contributed by atoms with Crippen LogP contribution in [0.4, 0.5) is 0 Å². The highest BCUT2D eigenvalue weighted by atomic mass is 31.3. The molecule has 0 saturated carbocycles. The summed E-state index contributed by atoms with van der Waals surface area (Å²) in [7, 11) is -3.74. The molecule has 0 aliphatic carbocycles. The third kappa shape index (κ3) is 5.48. The number of nitrogens with zero attached hydrogens (tertiary/aromatic N) is 4. The molecule has 16 heteroatoms. The van der Waals surface area contributed by atoms with Crippen LogP contribution < -0.4 is 4.52 Å². The highest BCUT2D eigenvalue weighted by molar-refractivity contribution is 7.78. The molecule has 1 unspecified atom stereocenters. The van der Waals surface area contributed by atoms with E-state index in [0.29, 0.717) is 5.75 Å². The summed E-state index contributed by atoms with van der Waals surface area (Å²) in [5.41, 5.74) is 0. The average molecular weight is 490 g/mol. The van der Waals surface area contributed by atoms with E-state index in [-0.39, 0.29) is 0 Å². The lowest BCUT2D eigenvalue weighted by Crippen LogP contribution is -2.00. The molecule has 12 nitrogen and oxygen atoms in total. The zero-order valence-electron chi connectivity index (χ0n) is 17.2. The molecule has 1 aromatic carbocycles. The zero-order valence-corrected chi connectivity index (χ0v) is 20.8. The van der Waals surface area contributed by atoms with Crippen molar-refractivity contribution in [1.82, 2.24) is 0 Å². The Hall–Kier alpha value is -0.340. The highest BCUT2D eigenvalue weighted by Crippen LogP contribution is 2.79. The second-order valence-corrected chi connectivity index (χ2v) is 14.5. The summed E-state index contributed by atoms with van der Waals surface area (Å²) in [5.74, 6) is 0.464. The van der Waals surface area contributed by atoms with Crippen LogP contribution in [0.3, 0.4) is 0 Å². The van der Waals surface area contributed by atoms with E-state index in [9.17, 15) is 0 Å². The molecule has 0 N–H and O–H groups in total. The van der Waals surface area contributed by atoms with Crippen LogP contribution in [0.1, 0.15) is 0 Å². The van der Waals surface area contributed by atoms with Crippen molar-refractivity contribution >= 4 is 30.6 Å². The molecule has 0 amide bonds. The van der Waals surface area contributed by atoms with Crippen LogP contribution in [0, 0.1) is 0 Å². The number of hydrogen-bond acceptors (Lipinski definition) is 12. The SMILES string of the molecule is COP1(OC)=NP(OC)(OC)=NP(OC)(Oc2ccccc2)=NP(OC)(OC)=N1. The fraction of sp³-hybridized carbons (Fsp3) is 0.538. The molecular weight excluding hydrogens is 464 g/mol. The second-order valence-electron chi connectivity index (χ2n) is 5.00. The Morgan fingerprint density at radius 1 is 0.483 bits per heavy atom. The highest BCUT2D eigenvalue weighted by Gasteiger charge is 2.41. The largest absolute Gasteiger partial charge is 0.422 e. The molecule has 1 heterocycles. The lowest BCUT2D eigenvalue weighted by atomic mass is 10.3. The number of hydrogen-bond donors (Lipinski definition) is 0. The van der Waals surface area contributed by atoms with Crippen LogP contribution in [-0.2, 0) is 31.7 Å². The molecule has 1 atom stereocenters. The molecular formula is C13H26N4O8P4. The molecule has 29 heavy (non-hydrogen) atoms. The minimum atomic E-state index is -3.48. The molecule has 2 rings (SSSR count). The van der Waals surface area contributed by atoms with Crippen LogP contribution in [-0.4, -0.2) is 49.8 Å². The fourth-order valence-corrected chi connectivity index (χ4v) is 13.8. The third-order valence-corrected chi connectivity index (χ3v) is 14.5. The molecule has 1 aliphatic rings. The summed E-state index contributed by atoms with van der Waals surface area (Å²) in [5, 5.41) is 0. The lowest BCUT2D eigenvalue weighted by Gasteiger charge is -2.30. The minimum Gasteiger partial charge on any atom is -0.422 e. The van der Waals surface area contributed by atoms with Gasteiger partial charge in [0, 0.05) is 49.8 Å². The van der Waals surface area contributed by atoms with Gasteiger partial charge in [-0.2, -0.15) is 0 Å². The van der Waals surface area contributed by atoms with E-state index in [4.69, 9.17) is 36.2 Å². The molecule has 0 spiro atoms. The summed E-state index contributed by atoms with van der Waals surface area (Å²) in [6.07, 6.45) is 0. The van der Waals surface area contributed by atoms with Crippen molar-refractivity contribution in [2.24, 2.45) is 18.1 Å². The molecule has 1 aliphatic heterocycles. The Bertz CT molecular complexity index is 893. The Morgan fingerprint density at radius 2 is 0.793 bits per heavy atom. The maximum absolute atomic E-state index is 6.08. The van der Waals surface area contributed by atoms with E-state index >= 15 is 0 Å². The Labute approximate surface area is 171 Å². The van der Waals surface area contributed by atoms with Crippen LogP contribution in [0.15, 0.2) is 48.4 Å². The number of benzene rings is 1. The zero-order chi connectivity index (χ0) is 21.6. The Balaban J connectivity index is 2.95. The smallest absolute Gasteiger partial charge is 0.402 e. The predicted octanol–water partition coefficient (Wildman–Crippen LogP) is 6.39. The van der Waals surface area contributed by atoms with Gasteiger partial charge in [0.2, 0.25) is 0 Å². The van der Waals surface area contributed by atoms with Crippen molar-refractivity contribution in [2.75, 3.05) is 49.8 Å². The fourth-order valence-electron chi connectivity index (χ4n) is 2.07. The Morgan fingerprint density at radius 3 is 1.14 bits per heavy atom. The van der Waals surface area contributed by atoms with E-state index in [1.165, 1.54) is 49.8 Å². The van der Waals surface area contributed by atoms with Crippen molar-refractivity contribution in [2.45, 2.75) is 0 Å². The van der Waals surface area contributed by atoms with Gasteiger partial charge >= 0.3 is 30.6 Å². The van der Waals surface area contributed by atoms with Gasteiger partial charge in [-0.3, -0.25) is 0 Å². The molecule has 1 aromatic rings. The summed E-state index contributed by atoms with van der Waals surface area (Å²) in [4.78, 5) is 0. The summed E-state index contributed by atoms with van der Waals surface area (Å²) < 4.78 is 63.2. The molecule has 0 fully saturated rings. The normalized spacial score (nSPS) is 24.7. The van der Waals surface area contributed by atoms with E-state index in [2.05, 4.69) is 18.1 Å². The van der Waals surface area contributed by atoms with Gasteiger partial charge in [-0.1, -0.05) is 18.2 Å². The van der Waals surface area contributed by atoms with E-state index in [1.807, 2.05) is 6.07 Å². The molecule has 166 valence electrons. The van der Waals surface area contributed by atoms with Gasteiger partial charge in [0.15, 0.2) is 0 Å². The summed E-state index contributed by atoms with van der Waals surface area (Å²) >= 11 is 0. The van der Waals surface area contributed by atoms with E-state index < -0.39 is 30.6 Å². The lowest BCUT2D eigenvalue weighted by molar-refractivity contribution is 0.306. The minimum absolute atomic E-state index is 0.464. The predicted molar refractivity (Wildman–Crippen MR) is 114 cm³/mol. The molecule has 0 aromatic heterocycles. The topological polar surface area (TPSA) is 123 Å². The van der Waals surface area contributed by atoms with Crippen molar-refractivity contribution in [3.05, 3.63) is 30.3 Å². The number of para-hydroxylation sites is 1. The monoisotopic (exact) mass is 490 g/mol. The average Bonchev–Trinajstić information content (AvgIpc) is 2.77.